The fourth-order valence-electron chi connectivity index (χ4n) is 3.38. The van der Waals surface area contributed by atoms with Gasteiger partial charge in [0.05, 0.1) is 17.2 Å². The molecule has 4 atom stereocenters. The largest absolute Gasteiger partial charge is 0.333 e. The summed E-state index contributed by atoms with van der Waals surface area (Å²) in [5.74, 6) is -1.64. The zero-order valence-corrected chi connectivity index (χ0v) is 12.7. The number of nitriles is 1. The zero-order valence-electron chi connectivity index (χ0n) is 12.7. The van der Waals surface area contributed by atoms with E-state index in [2.05, 4.69) is 9.97 Å². The number of aromatic nitrogens is 2. The lowest BCUT2D eigenvalue weighted by Gasteiger charge is -2.39. The monoisotopic (exact) mass is 319 g/mol. The van der Waals surface area contributed by atoms with Gasteiger partial charge in [0.15, 0.2) is 5.78 Å². The second-order valence-corrected chi connectivity index (χ2v) is 6.54. The minimum absolute atomic E-state index is 0.0393. The van der Waals surface area contributed by atoms with Crippen LogP contribution in [0.5, 0.6) is 0 Å². The number of allylic oxidation sites excluding steroid dienone is 1. The molecule has 1 aromatic heterocycles. The van der Waals surface area contributed by atoms with Gasteiger partial charge in [-0.3, -0.25) is 14.8 Å². The number of alkyl halides is 2. The molecule has 1 aromatic rings. The summed E-state index contributed by atoms with van der Waals surface area (Å²) >= 11 is 0. The van der Waals surface area contributed by atoms with Crippen molar-refractivity contribution >= 4 is 5.78 Å². The average Bonchev–Trinajstić information content (AvgIpc) is 2.74. The Labute approximate surface area is 132 Å². The summed E-state index contributed by atoms with van der Waals surface area (Å²) in [7, 11) is 0. The van der Waals surface area contributed by atoms with Gasteiger partial charge in [-0.25, -0.2) is 8.78 Å². The molecule has 1 saturated heterocycles. The Kier molecular flexibility index (Phi) is 3.52. The molecule has 1 aliphatic carbocycles. The van der Waals surface area contributed by atoms with Crippen molar-refractivity contribution in [3.8, 4) is 6.07 Å². The normalized spacial score (nSPS) is 35.9. The van der Waals surface area contributed by atoms with Crippen LogP contribution in [0.25, 0.3) is 0 Å². The Bertz CT molecular complexity index is 714. The minimum Gasteiger partial charge on any atom is -0.333 e. The number of carbonyl (C=O) groups is 1. The second kappa shape index (κ2) is 5.17. The smallest absolute Gasteiger partial charge is 0.211 e. The molecule has 7 heteroatoms. The van der Waals surface area contributed by atoms with E-state index in [0.29, 0.717) is 0 Å². The average molecular weight is 319 g/mol. The third kappa shape index (κ3) is 2.34. The number of carbonyl (C=O) groups excluding carboxylic acids is 1. The number of hydrogen-bond donors (Lipinski definition) is 0. The molecule has 4 unspecified atom stereocenters. The van der Waals surface area contributed by atoms with Crippen molar-refractivity contribution in [3.05, 3.63) is 35.9 Å². The lowest BCUT2D eigenvalue weighted by molar-refractivity contribution is -0.136. The number of hydrogen-bond acceptors (Lipinski definition) is 5. The maximum atomic E-state index is 15.1. The highest BCUT2D eigenvalue weighted by atomic mass is 19.2. The predicted octanol–water partition coefficient (Wildman–Crippen LogP) is 2.41. The van der Waals surface area contributed by atoms with E-state index >= 15 is 4.39 Å². The van der Waals surface area contributed by atoms with Crippen LogP contribution in [0, 0.1) is 16.7 Å². The van der Waals surface area contributed by atoms with E-state index in [-0.39, 0.29) is 23.5 Å². The van der Waals surface area contributed by atoms with Crippen molar-refractivity contribution in [3.63, 3.8) is 0 Å². The third-order valence-electron chi connectivity index (χ3n) is 4.41. The Morgan fingerprint density at radius 2 is 2.13 bits per heavy atom. The Hall–Kier alpha value is -2.20. The molecule has 0 N–H and O–H groups in total. The lowest BCUT2D eigenvalue weighted by Crippen LogP contribution is -2.47. The first-order valence-corrected chi connectivity index (χ1v) is 7.20. The van der Waals surface area contributed by atoms with Crippen LogP contribution in [-0.2, 0) is 9.53 Å². The number of ether oxygens (including phenoxy) is 1. The van der Waals surface area contributed by atoms with E-state index in [0.717, 1.165) is 6.08 Å². The fraction of sp³-hybridized carbons (Fsp3) is 0.500. The second-order valence-electron chi connectivity index (χ2n) is 6.54. The SMILES string of the molecule is CC1(C)CC2(C=C(C#N)C1=O)OC(F)C(c1cnccn1)C2F. The summed E-state index contributed by atoms with van der Waals surface area (Å²) < 4.78 is 34.8. The quantitative estimate of drug-likeness (QED) is 0.794. The molecule has 2 aliphatic rings. The number of Topliss-reactive ketones (excluding diaryl/α,β-unsaturated/α-hetero) is 1. The summed E-state index contributed by atoms with van der Waals surface area (Å²) in [6, 6.07) is 1.76. The van der Waals surface area contributed by atoms with Gasteiger partial charge in [0.25, 0.3) is 0 Å². The number of ketones is 1. The van der Waals surface area contributed by atoms with E-state index in [1.54, 1.807) is 19.9 Å². The zero-order chi connectivity index (χ0) is 16.8. The van der Waals surface area contributed by atoms with E-state index in [1.165, 1.54) is 18.6 Å². The maximum Gasteiger partial charge on any atom is 0.211 e. The third-order valence-corrected chi connectivity index (χ3v) is 4.41. The highest BCUT2D eigenvalue weighted by Gasteiger charge is 2.60. The molecule has 1 fully saturated rings. The van der Waals surface area contributed by atoms with Crippen molar-refractivity contribution < 1.29 is 18.3 Å². The molecule has 3 rings (SSSR count). The van der Waals surface area contributed by atoms with Crippen LogP contribution in [0.2, 0.25) is 0 Å². The first-order chi connectivity index (χ1) is 10.8. The number of nitrogens with zero attached hydrogens (tertiary/aromatic N) is 3. The van der Waals surface area contributed by atoms with Gasteiger partial charge in [-0.05, 0) is 12.5 Å². The van der Waals surface area contributed by atoms with Crippen molar-refractivity contribution in [2.24, 2.45) is 5.41 Å². The molecular weight excluding hydrogens is 304 g/mol. The van der Waals surface area contributed by atoms with Gasteiger partial charge in [-0.2, -0.15) is 5.26 Å². The van der Waals surface area contributed by atoms with Gasteiger partial charge >= 0.3 is 0 Å². The van der Waals surface area contributed by atoms with Crippen LogP contribution in [0.4, 0.5) is 8.78 Å². The van der Waals surface area contributed by atoms with Crippen LogP contribution in [0.15, 0.2) is 30.2 Å². The molecule has 1 aliphatic heterocycles. The molecule has 0 bridgehead atoms. The van der Waals surface area contributed by atoms with Gasteiger partial charge < -0.3 is 4.74 Å². The van der Waals surface area contributed by atoms with Crippen molar-refractivity contribution in [1.29, 1.82) is 5.26 Å². The van der Waals surface area contributed by atoms with Gasteiger partial charge in [-0.1, -0.05) is 13.8 Å². The van der Waals surface area contributed by atoms with Crippen LogP contribution in [-0.4, -0.2) is 33.9 Å². The Balaban J connectivity index is 2.06. The summed E-state index contributed by atoms with van der Waals surface area (Å²) in [6.45, 7) is 3.20. The van der Waals surface area contributed by atoms with Gasteiger partial charge in [0.1, 0.15) is 17.8 Å². The standard InChI is InChI=1S/C16H15F2N3O2/c1-15(2)8-16(5-9(6-19)13(15)22)12(17)11(14(18)23-16)10-7-20-3-4-21-10/h3-5,7,11-12,14H,8H2,1-2H3. The van der Waals surface area contributed by atoms with Gasteiger partial charge in [-0.15, -0.1) is 0 Å². The molecule has 0 amide bonds. The molecule has 0 aromatic carbocycles. The molecule has 0 radical (unpaired) electrons. The summed E-state index contributed by atoms with van der Waals surface area (Å²) in [5.41, 5.74) is -2.72. The van der Waals surface area contributed by atoms with Crippen LogP contribution >= 0.6 is 0 Å². The molecular formula is C16H15F2N3O2. The van der Waals surface area contributed by atoms with E-state index in [9.17, 15) is 9.18 Å². The fourth-order valence-corrected chi connectivity index (χ4v) is 3.38. The first-order valence-electron chi connectivity index (χ1n) is 7.20. The maximum absolute atomic E-state index is 15.1. The van der Waals surface area contributed by atoms with Crippen molar-refractivity contribution in [2.75, 3.05) is 0 Å². The van der Waals surface area contributed by atoms with Crippen molar-refractivity contribution in [2.45, 2.75) is 44.3 Å². The van der Waals surface area contributed by atoms with Gasteiger partial charge in [0, 0.05) is 24.0 Å². The Morgan fingerprint density at radius 3 is 2.74 bits per heavy atom. The molecule has 1 spiro atoms. The summed E-state index contributed by atoms with van der Waals surface area (Å²) in [5, 5.41) is 9.14. The molecule has 2 heterocycles. The molecule has 120 valence electrons. The lowest BCUT2D eigenvalue weighted by atomic mass is 9.67. The topological polar surface area (TPSA) is 75.9 Å². The van der Waals surface area contributed by atoms with E-state index in [4.69, 9.17) is 10.00 Å². The predicted molar refractivity (Wildman–Crippen MR) is 75.5 cm³/mol. The number of halogens is 2. The van der Waals surface area contributed by atoms with Crippen LogP contribution < -0.4 is 0 Å². The van der Waals surface area contributed by atoms with Crippen LogP contribution in [0.3, 0.4) is 0 Å². The number of rotatable bonds is 1. The summed E-state index contributed by atoms with van der Waals surface area (Å²) in [6.07, 6.45) is 1.44. The molecule has 5 nitrogen and oxygen atoms in total. The first kappa shape index (κ1) is 15.7. The highest BCUT2D eigenvalue weighted by Crippen LogP contribution is 2.52. The molecule has 0 saturated carbocycles. The van der Waals surface area contributed by atoms with E-state index < -0.39 is 29.5 Å². The van der Waals surface area contributed by atoms with Crippen LogP contribution in [0.1, 0.15) is 31.9 Å². The van der Waals surface area contributed by atoms with E-state index in [1.807, 2.05) is 0 Å². The summed E-state index contributed by atoms with van der Waals surface area (Å²) in [4.78, 5) is 20.0. The van der Waals surface area contributed by atoms with Crippen molar-refractivity contribution in [1.82, 2.24) is 9.97 Å². The Morgan fingerprint density at radius 1 is 1.39 bits per heavy atom. The molecule has 23 heavy (non-hydrogen) atoms. The minimum atomic E-state index is -1.93. The highest BCUT2D eigenvalue weighted by molar-refractivity contribution is 6.04. The van der Waals surface area contributed by atoms with Gasteiger partial charge in [0.2, 0.25) is 6.36 Å².